The maximum Gasteiger partial charge on any atom is 0.310 e. The zero-order chi connectivity index (χ0) is 13.3. The van der Waals surface area contributed by atoms with Gasteiger partial charge in [0.05, 0.1) is 12.5 Å². The summed E-state index contributed by atoms with van der Waals surface area (Å²) in [5, 5.41) is 0.150. The molecule has 0 saturated carbocycles. The summed E-state index contributed by atoms with van der Waals surface area (Å²) in [6.45, 7) is 10.9. The number of ether oxygens (including phenoxy) is 2. The highest BCUT2D eigenvalue weighted by Crippen LogP contribution is 2.38. The molecule has 1 heterocycles. The Kier molecular flexibility index (Phi) is 4.38. The lowest BCUT2D eigenvalue weighted by atomic mass is 10.1. The maximum absolute atomic E-state index is 11.4. The Balaban J connectivity index is 2.65. The molecule has 100 valence electrons. The molecule has 1 rings (SSSR count). The molecule has 0 bridgehead atoms. The Bertz CT molecular complexity index is 283. The van der Waals surface area contributed by atoms with Crippen molar-refractivity contribution >= 4 is 14.3 Å². The van der Waals surface area contributed by atoms with Crippen LogP contribution in [0.2, 0.25) is 18.1 Å². The predicted molar refractivity (Wildman–Crippen MR) is 68.2 cm³/mol. The van der Waals surface area contributed by atoms with Gasteiger partial charge in [-0.25, -0.2) is 0 Å². The Labute approximate surface area is 105 Å². The van der Waals surface area contributed by atoms with Crippen molar-refractivity contribution in [2.75, 3.05) is 7.11 Å². The Hall–Kier alpha value is -0.393. The molecule has 0 aliphatic carbocycles. The first-order chi connectivity index (χ1) is 7.65. The summed E-state index contributed by atoms with van der Waals surface area (Å²) in [5.41, 5.74) is 0. The standard InChI is InChI=1S/C12H24O4Si/c1-12(2,3)17(5,6)16-9-7-10(13)15-11(8-9)14-4/h9,11H,7-8H2,1-6H3/t9-,11-/m0/s1. The van der Waals surface area contributed by atoms with Crippen LogP contribution in [0.25, 0.3) is 0 Å². The van der Waals surface area contributed by atoms with Crippen LogP contribution < -0.4 is 0 Å². The van der Waals surface area contributed by atoms with Crippen LogP contribution in [0.15, 0.2) is 0 Å². The Morgan fingerprint density at radius 1 is 1.35 bits per heavy atom. The fourth-order valence-corrected chi connectivity index (χ4v) is 2.92. The molecule has 0 aromatic carbocycles. The normalized spacial score (nSPS) is 26.8. The molecule has 0 aromatic heterocycles. The number of methoxy groups -OCH3 is 1. The SMILES string of the molecule is CO[C@@H]1C[C@@H](O[Si](C)(C)C(C)(C)C)CC(=O)O1. The van der Waals surface area contributed by atoms with E-state index >= 15 is 0 Å². The number of hydrogen-bond acceptors (Lipinski definition) is 4. The first kappa shape index (κ1) is 14.7. The highest BCUT2D eigenvalue weighted by atomic mass is 28.4. The van der Waals surface area contributed by atoms with Gasteiger partial charge < -0.3 is 13.9 Å². The van der Waals surface area contributed by atoms with Crippen LogP contribution in [0.1, 0.15) is 33.6 Å². The summed E-state index contributed by atoms with van der Waals surface area (Å²) in [5.74, 6) is -0.230. The largest absolute Gasteiger partial charge is 0.436 e. The minimum atomic E-state index is -1.83. The number of carbonyl (C=O) groups is 1. The van der Waals surface area contributed by atoms with Crippen LogP contribution in [0.5, 0.6) is 0 Å². The zero-order valence-corrected chi connectivity index (χ0v) is 12.7. The van der Waals surface area contributed by atoms with E-state index in [0.29, 0.717) is 12.8 Å². The van der Waals surface area contributed by atoms with Gasteiger partial charge >= 0.3 is 5.97 Å². The highest BCUT2D eigenvalue weighted by molar-refractivity contribution is 6.74. The number of carbonyl (C=O) groups excluding carboxylic acids is 1. The number of cyclic esters (lactones) is 1. The van der Waals surface area contributed by atoms with Gasteiger partial charge in [0, 0.05) is 13.5 Å². The number of rotatable bonds is 3. The van der Waals surface area contributed by atoms with Crippen LogP contribution in [0.3, 0.4) is 0 Å². The van der Waals surface area contributed by atoms with Crippen molar-refractivity contribution < 1.29 is 18.7 Å². The van der Waals surface area contributed by atoms with Gasteiger partial charge in [0.15, 0.2) is 8.32 Å². The van der Waals surface area contributed by atoms with Gasteiger partial charge in [-0.05, 0) is 18.1 Å². The topological polar surface area (TPSA) is 44.8 Å². The van der Waals surface area contributed by atoms with E-state index in [9.17, 15) is 4.79 Å². The van der Waals surface area contributed by atoms with E-state index < -0.39 is 14.6 Å². The molecule has 0 spiro atoms. The minimum absolute atomic E-state index is 0.0675. The summed E-state index contributed by atoms with van der Waals surface area (Å²) < 4.78 is 16.3. The molecule has 1 aliphatic heterocycles. The van der Waals surface area contributed by atoms with E-state index in [2.05, 4.69) is 33.9 Å². The molecule has 1 fully saturated rings. The van der Waals surface area contributed by atoms with E-state index in [4.69, 9.17) is 13.9 Å². The quantitative estimate of drug-likeness (QED) is 0.578. The monoisotopic (exact) mass is 260 g/mol. The molecule has 5 heteroatoms. The van der Waals surface area contributed by atoms with Gasteiger partial charge in [-0.3, -0.25) is 4.79 Å². The van der Waals surface area contributed by atoms with E-state index in [1.165, 1.54) is 0 Å². The third-order valence-electron chi connectivity index (χ3n) is 3.64. The molecular weight excluding hydrogens is 236 g/mol. The van der Waals surface area contributed by atoms with Gasteiger partial charge in [0.2, 0.25) is 6.29 Å². The summed E-state index contributed by atoms with van der Waals surface area (Å²) in [7, 11) is -0.279. The molecular formula is C12H24O4Si. The Morgan fingerprint density at radius 3 is 2.41 bits per heavy atom. The average molecular weight is 260 g/mol. The van der Waals surface area contributed by atoms with Crippen LogP contribution in [0.4, 0.5) is 0 Å². The van der Waals surface area contributed by atoms with Crippen LogP contribution >= 0.6 is 0 Å². The minimum Gasteiger partial charge on any atom is -0.436 e. The molecule has 0 N–H and O–H groups in total. The predicted octanol–water partition coefficient (Wildman–Crippen LogP) is 2.69. The molecule has 17 heavy (non-hydrogen) atoms. The molecule has 4 nitrogen and oxygen atoms in total. The maximum atomic E-state index is 11.4. The van der Waals surface area contributed by atoms with Gasteiger partial charge in [-0.15, -0.1) is 0 Å². The number of esters is 1. The highest BCUT2D eigenvalue weighted by Gasteiger charge is 2.41. The second-order valence-electron chi connectivity index (χ2n) is 6.10. The third-order valence-corrected chi connectivity index (χ3v) is 8.18. The summed E-state index contributed by atoms with van der Waals surface area (Å²) >= 11 is 0. The fraction of sp³-hybridized carbons (Fsp3) is 0.917. The van der Waals surface area contributed by atoms with Crippen molar-refractivity contribution in [3.8, 4) is 0 Å². The zero-order valence-electron chi connectivity index (χ0n) is 11.7. The van der Waals surface area contributed by atoms with E-state index in [1.807, 2.05) is 0 Å². The summed E-state index contributed by atoms with van der Waals surface area (Å²) in [6.07, 6.45) is 0.453. The molecule has 2 atom stereocenters. The third kappa shape index (κ3) is 3.79. The molecule has 1 aliphatic rings. The second-order valence-corrected chi connectivity index (χ2v) is 10.9. The fourth-order valence-electron chi connectivity index (χ4n) is 1.55. The van der Waals surface area contributed by atoms with Crippen molar-refractivity contribution in [3.05, 3.63) is 0 Å². The van der Waals surface area contributed by atoms with Gasteiger partial charge in [0.25, 0.3) is 0 Å². The second kappa shape index (κ2) is 5.08. The van der Waals surface area contributed by atoms with Crippen molar-refractivity contribution in [2.45, 2.75) is 64.1 Å². The van der Waals surface area contributed by atoms with Crippen LogP contribution in [0, 0.1) is 0 Å². The van der Waals surface area contributed by atoms with Crippen molar-refractivity contribution in [1.29, 1.82) is 0 Å². The molecule has 0 unspecified atom stereocenters. The molecule has 0 radical (unpaired) electrons. The van der Waals surface area contributed by atoms with Crippen LogP contribution in [-0.4, -0.2) is 33.8 Å². The molecule has 0 amide bonds. The average Bonchev–Trinajstić information content (AvgIpc) is 2.14. The van der Waals surface area contributed by atoms with Crippen molar-refractivity contribution in [3.63, 3.8) is 0 Å². The lowest BCUT2D eigenvalue weighted by Crippen LogP contribution is -2.47. The summed E-state index contributed by atoms with van der Waals surface area (Å²) in [6, 6.07) is 0. The van der Waals surface area contributed by atoms with E-state index in [-0.39, 0.29) is 17.1 Å². The first-order valence-electron chi connectivity index (χ1n) is 6.06. The van der Waals surface area contributed by atoms with Gasteiger partial charge in [0.1, 0.15) is 0 Å². The van der Waals surface area contributed by atoms with E-state index in [1.54, 1.807) is 7.11 Å². The smallest absolute Gasteiger partial charge is 0.310 e. The molecule has 1 saturated heterocycles. The lowest BCUT2D eigenvalue weighted by molar-refractivity contribution is -0.191. The van der Waals surface area contributed by atoms with Gasteiger partial charge in [-0.2, -0.15) is 0 Å². The van der Waals surface area contributed by atoms with Crippen molar-refractivity contribution in [1.82, 2.24) is 0 Å². The van der Waals surface area contributed by atoms with Gasteiger partial charge in [-0.1, -0.05) is 20.8 Å². The van der Waals surface area contributed by atoms with Crippen molar-refractivity contribution in [2.24, 2.45) is 0 Å². The Morgan fingerprint density at radius 2 is 1.94 bits per heavy atom. The first-order valence-corrected chi connectivity index (χ1v) is 8.96. The summed E-state index contributed by atoms with van der Waals surface area (Å²) in [4.78, 5) is 11.4. The molecule has 0 aromatic rings. The van der Waals surface area contributed by atoms with Crippen LogP contribution in [-0.2, 0) is 18.7 Å². The number of hydrogen-bond donors (Lipinski definition) is 0. The van der Waals surface area contributed by atoms with E-state index in [0.717, 1.165) is 0 Å². The lowest BCUT2D eigenvalue weighted by Gasteiger charge is -2.40.